The fourth-order valence-corrected chi connectivity index (χ4v) is 3.91. The number of carbonyl (C=O) groups excluding carboxylic acids is 1. The number of fused-ring (bicyclic) bond motifs is 2. The van der Waals surface area contributed by atoms with Crippen molar-refractivity contribution in [1.29, 1.82) is 0 Å². The average Bonchev–Trinajstić information content (AvgIpc) is 2.95. The van der Waals surface area contributed by atoms with E-state index in [1.165, 1.54) is 17.3 Å². The lowest BCUT2D eigenvalue weighted by Gasteiger charge is -2.40. The molecule has 6 heteroatoms. The molecule has 1 amide bonds. The first-order valence-electron chi connectivity index (χ1n) is 8.51. The molecule has 4 rings (SSSR count). The van der Waals surface area contributed by atoms with Crippen LogP contribution >= 0.6 is 11.6 Å². The molecule has 2 aromatic rings. The Balaban J connectivity index is 1.42. The molecule has 1 spiro atoms. The van der Waals surface area contributed by atoms with Crippen LogP contribution in [0, 0.1) is 0 Å². The highest BCUT2D eigenvalue weighted by Gasteiger charge is 2.43. The summed E-state index contributed by atoms with van der Waals surface area (Å²) >= 11 is 5.82. The monoisotopic (exact) mass is 357 g/mol. The van der Waals surface area contributed by atoms with Crippen LogP contribution in [0.4, 0.5) is 5.82 Å². The molecule has 130 valence electrons. The van der Waals surface area contributed by atoms with Crippen molar-refractivity contribution in [3.63, 3.8) is 0 Å². The highest BCUT2D eigenvalue weighted by molar-refractivity contribution is 6.30. The number of halogens is 1. The Morgan fingerprint density at radius 2 is 2.20 bits per heavy atom. The molecule has 1 fully saturated rings. The summed E-state index contributed by atoms with van der Waals surface area (Å²) in [5, 5.41) is 3.37. The molecule has 0 saturated carbocycles. The van der Waals surface area contributed by atoms with Crippen molar-refractivity contribution in [3.05, 3.63) is 58.7 Å². The van der Waals surface area contributed by atoms with E-state index < -0.39 is 0 Å². The third kappa shape index (κ3) is 3.40. The van der Waals surface area contributed by atoms with Crippen LogP contribution in [0.5, 0.6) is 0 Å². The number of pyridine rings is 1. The Morgan fingerprint density at radius 1 is 1.32 bits per heavy atom. The van der Waals surface area contributed by atoms with Crippen molar-refractivity contribution < 1.29 is 9.53 Å². The van der Waals surface area contributed by atoms with Gasteiger partial charge in [0, 0.05) is 19.3 Å². The summed E-state index contributed by atoms with van der Waals surface area (Å²) in [6.07, 6.45) is 3.53. The van der Waals surface area contributed by atoms with Crippen molar-refractivity contribution in [1.82, 2.24) is 9.88 Å². The van der Waals surface area contributed by atoms with E-state index in [9.17, 15) is 4.79 Å². The molecule has 2 heterocycles. The highest BCUT2D eigenvalue weighted by Crippen LogP contribution is 2.42. The van der Waals surface area contributed by atoms with Crippen LogP contribution in [0.1, 0.15) is 17.5 Å². The number of carbonyl (C=O) groups is 1. The Hall–Kier alpha value is -1.95. The highest BCUT2D eigenvalue weighted by atomic mass is 35.5. The summed E-state index contributed by atoms with van der Waals surface area (Å²) in [6.45, 7) is 2.47. The SMILES string of the molecule is O=C(CN1CCOC2(CCc3ccccc32)C1)Nc1ccc(Cl)cn1. The summed E-state index contributed by atoms with van der Waals surface area (Å²) in [4.78, 5) is 18.6. The van der Waals surface area contributed by atoms with Gasteiger partial charge >= 0.3 is 0 Å². The predicted molar refractivity (Wildman–Crippen MR) is 96.7 cm³/mol. The number of nitrogens with zero attached hydrogens (tertiary/aromatic N) is 2. The summed E-state index contributed by atoms with van der Waals surface area (Å²) in [6, 6.07) is 11.9. The molecule has 1 atom stereocenters. The minimum absolute atomic E-state index is 0.0712. The maximum absolute atomic E-state index is 12.3. The van der Waals surface area contributed by atoms with Crippen LogP contribution in [0.15, 0.2) is 42.6 Å². The first kappa shape index (κ1) is 16.5. The lowest BCUT2D eigenvalue weighted by Crippen LogP contribution is -2.50. The van der Waals surface area contributed by atoms with E-state index in [2.05, 4.69) is 39.5 Å². The molecule has 25 heavy (non-hydrogen) atoms. The summed E-state index contributed by atoms with van der Waals surface area (Å²) in [5.41, 5.74) is 2.37. The van der Waals surface area contributed by atoms with Crippen molar-refractivity contribution in [2.45, 2.75) is 18.4 Å². The zero-order chi connectivity index (χ0) is 17.3. The summed E-state index contributed by atoms with van der Waals surface area (Å²) in [7, 11) is 0. The molecule has 5 nitrogen and oxygen atoms in total. The zero-order valence-electron chi connectivity index (χ0n) is 13.9. The lowest BCUT2D eigenvalue weighted by molar-refractivity contribution is -0.129. The average molecular weight is 358 g/mol. The zero-order valence-corrected chi connectivity index (χ0v) is 14.6. The molecule has 1 aliphatic carbocycles. The van der Waals surface area contributed by atoms with Gasteiger partial charge in [-0.2, -0.15) is 0 Å². The van der Waals surface area contributed by atoms with E-state index in [0.29, 0.717) is 24.0 Å². The quantitative estimate of drug-likeness (QED) is 0.917. The number of anilines is 1. The minimum Gasteiger partial charge on any atom is -0.368 e. The Kier molecular flexibility index (Phi) is 4.46. The second-order valence-corrected chi connectivity index (χ2v) is 7.06. The van der Waals surface area contributed by atoms with E-state index in [0.717, 1.165) is 25.9 Å². The van der Waals surface area contributed by atoms with Gasteiger partial charge in [-0.1, -0.05) is 35.9 Å². The third-order valence-corrected chi connectivity index (χ3v) is 5.16. The largest absolute Gasteiger partial charge is 0.368 e. The van der Waals surface area contributed by atoms with Gasteiger partial charge in [-0.05, 0) is 36.1 Å². The number of amides is 1. The summed E-state index contributed by atoms with van der Waals surface area (Å²) < 4.78 is 6.20. The maximum atomic E-state index is 12.3. The second kappa shape index (κ2) is 6.75. The lowest BCUT2D eigenvalue weighted by atomic mass is 9.93. The van der Waals surface area contributed by atoms with Crippen LogP contribution < -0.4 is 5.32 Å². The number of ether oxygens (including phenoxy) is 1. The van der Waals surface area contributed by atoms with Crippen molar-refractivity contribution in [2.75, 3.05) is 31.6 Å². The van der Waals surface area contributed by atoms with Crippen LogP contribution in [-0.4, -0.2) is 42.0 Å². The number of hydrogen-bond donors (Lipinski definition) is 1. The van der Waals surface area contributed by atoms with Gasteiger partial charge in [-0.15, -0.1) is 0 Å². The fraction of sp³-hybridized carbons (Fsp3) is 0.368. The fourth-order valence-electron chi connectivity index (χ4n) is 3.79. The molecular formula is C19H20ClN3O2. The molecule has 1 N–H and O–H groups in total. The molecule has 1 aliphatic heterocycles. The standard InChI is InChI=1S/C19H20ClN3O2/c20-15-5-6-17(21-11-15)22-18(24)12-23-9-10-25-19(13-23)8-7-14-3-1-2-4-16(14)19/h1-6,11H,7-10,12-13H2,(H,21,22,24). The van der Waals surface area contributed by atoms with Gasteiger partial charge in [0.2, 0.25) is 5.91 Å². The van der Waals surface area contributed by atoms with E-state index in [1.54, 1.807) is 12.1 Å². The number of hydrogen-bond acceptors (Lipinski definition) is 4. The molecule has 2 aliphatic rings. The topological polar surface area (TPSA) is 54.5 Å². The van der Waals surface area contributed by atoms with Gasteiger partial charge in [0.15, 0.2) is 0 Å². The molecule has 0 radical (unpaired) electrons. The van der Waals surface area contributed by atoms with E-state index in [-0.39, 0.29) is 11.5 Å². The second-order valence-electron chi connectivity index (χ2n) is 6.62. The van der Waals surface area contributed by atoms with Gasteiger partial charge in [0.05, 0.1) is 18.2 Å². The maximum Gasteiger partial charge on any atom is 0.239 e. The third-order valence-electron chi connectivity index (χ3n) is 4.93. The van der Waals surface area contributed by atoms with Crippen LogP contribution in [0.3, 0.4) is 0 Å². The molecule has 0 bridgehead atoms. The van der Waals surface area contributed by atoms with Gasteiger partial charge in [-0.25, -0.2) is 4.98 Å². The van der Waals surface area contributed by atoms with Crippen molar-refractivity contribution in [2.24, 2.45) is 0 Å². The normalized spacial score (nSPS) is 22.8. The van der Waals surface area contributed by atoms with Gasteiger partial charge in [0.25, 0.3) is 0 Å². The van der Waals surface area contributed by atoms with Crippen molar-refractivity contribution in [3.8, 4) is 0 Å². The van der Waals surface area contributed by atoms with Crippen LogP contribution in [0.25, 0.3) is 0 Å². The first-order chi connectivity index (χ1) is 12.1. The molecule has 1 aromatic heterocycles. The Labute approximate surface area is 152 Å². The predicted octanol–water partition coefficient (Wildman–Crippen LogP) is 2.85. The van der Waals surface area contributed by atoms with E-state index >= 15 is 0 Å². The molecule has 1 unspecified atom stereocenters. The van der Waals surface area contributed by atoms with Crippen LogP contribution in [0.2, 0.25) is 5.02 Å². The van der Waals surface area contributed by atoms with Crippen molar-refractivity contribution >= 4 is 23.3 Å². The number of aromatic nitrogens is 1. The number of benzene rings is 1. The molecule has 1 aromatic carbocycles. The smallest absolute Gasteiger partial charge is 0.239 e. The number of morpholine rings is 1. The number of aryl methyl sites for hydroxylation is 1. The first-order valence-corrected chi connectivity index (χ1v) is 8.89. The number of rotatable bonds is 3. The van der Waals surface area contributed by atoms with E-state index in [1.807, 2.05) is 0 Å². The Bertz CT molecular complexity index is 776. The molecule has 1 saturated heterocycles. The molecular weight excluding hydrogens is 338 g/mol. The minimum atomic E-state index is -0.270. The van der Waals surface area contributed by atoms with Gasteiger partial charge in [-0.3, -0.25) is 9.69 Å². The van der Waals surface area contributed by atoms with Crippen LogP contribution in [-0.2, 0) is 21.6 Å². The number of nitrogens with one attached hydrogen (secondary N) is 1. The van der Waals surface area contributed by atoms with E-state index in [4.69, 9.17) is 16.3 Å². The Morgan fingerprint density at radius 3 is 3.04 bits per heavy atom. The van der Waals surface area contributed by atoms with Gasteiger partial charge < -0.3 is 10.1 Å². The van der Waals surface area contributed by atoms with Gasteiger partial charge in [0.1, 0.15) is 11.4 Å². The summed E-state index contributed by atoms with van der Waals surface area (Å²) in [5.74, 6) is 0.446.